The second kappa shape index (κ2) is 9.97. The summed E-state index contributed by atoms with van der Waals surface area (Å²) in [6.07, 6.45) is 0.541. The Labute approximate surface area is 174 Å². The minimum absolute atomic E-state index is 0.0192. The van der Waals surface area contributed by atoms with E-state index >= 15 is 0 Å². The van der Waals surface area contributed by atoms with Crippen molar-refractivity contribution >= 4 is 39.1 Å². The standard InChI is InChI=1S/C18H20Cl2N2O5S/c1-26-15-6-3-12(9-16(15)27-2)7-8-21-18(23)11-22-28(24,25)17-10-13(19)4-5-14(17)20/h3-6,9-10,22H,7-8,11H2,1-2H3,(H,21,23). The lowest BCUT2D eigenvalue weighted by Crippen LogP contribution is -2.37. The minimum atomic E-state index is -3.96. The smallest absolute Gasteiger partial charge is 0.242 e. The van der Waals surface area contributed by atoms with Crippen LogP contribution in [-0.4, -0.2) is 41.6 Å². The third kappa shape index (κ3) is 6.00. The van der Waals surface area contributed by atoms with Crippen molar-refractivity contribution in [3.63, 3.8) is 0 Å². The first-order valence-electron chi connectivity index (χ1n) is 8.19. The zero-order chi connectivity index (χ0) is 20.7. The van der Waals surface area contributed by atoms with Crippen molar-refractivity contribution in [1.82, 2.24) is 10.0 Å². The summed E-state index contributed by atoms with van der Waals surface area (Å²) in [4.78, 5) is 11.8. The topological polar surface area (TPSA) is 93.7 Å². The molecule has 0 heterocycles. The largest absolute Gasteiger partial charge is 0.493 e. The van der Waals surface area contributed by atoms with Crippen LogP contribution in [-0.2, 0) is 21.2 Å². The molecule has 2 N–H and O–H groups in total. The molecule has 0 atom stereocenters. The second-order valence-corrected chi connectivity index (χ2v) is 8.27. The first-order valence-corrected chi connectivity index (χ1v) is 10.4. The van der Waals surface area contributed by atoms with Gasteiger partial charge in [0.2, 0.25) is 15.9 Å². The summed E-state index contributed by atoms with van der Waals surface area (Å²) in [5.74, 6) is 0.740. The van der Waals surface area contributed by atoms with Crippen molar-refractivity contribution in [1.29, 1.82) is 0 Å². The van der Waals surface area contributed by atoms with Crippen molar-refractivity contribution < 1.29 is 22.7 Å². The van der Waals surface area contributed by atoms with Crippen LogP contribution >= 0.6 is 23.2 Å². The minimum Gasteiger partial charge on any atom is -0.493 e. The number of rotatable bonds is 9. The van der Waals surface area contributed by atoms with E-state index in [2.05, 4.69) is 10.0 Å². The number of amides is 1. The summed E-state index contributed by atoms with van der Waals surface area (Å²) in [5, 5.41) is 2.90. The van der Waals surface area contributed by atoms with Crippen molar-refractivity contribution in [3.05, 3.63) is 52.0 Å². The molecule has 0 radical (unpaired) electrons. The number of carbonyl (C=O) groups is 1. The van der Waals surface area contributed by atoms with Crippen LogP contribution in [0.5, 0.6) is 11.5 Å². The molecule has 2 aromatic carbocycles. The van der Waals surface area contributed by atoms with Crippen molar-refractivity contribution in [2.75, 3.05) is 27.3 Å². The quantitative estimate of drug-likeness (QED) is 0.617. The third-order valence-electron chi connectivity index (χ3n) is 3.79. The molecule has 0 unspecified atom stereocenters. The van der Waals surface area contributed by atoms with Crippen LogP contribution in [0, 0.1) is 0 Å². The second-order valence-electron chi connectivity index (χ2n) is 5.69. The molecule has 2 rings (SSSR count). The highest BCUT2D eigenvalue weighted by atomic mass is 35.5. The van der Waals surface area contributed by atoms with Crippen molar-refractivity contribution in [2.45, 2.75) is 11.3 Å². The number of hydrogen-bond acceptors (Lipinski definition) is 5. The van der Waals surface area contributed by atoms with Crippen LogP contribution < -0.4 is 19.5 Å². The van der Waals surface area contributed by atoms with E-state index in [9.17, 15) is 13.2 Å². The number of carbonyl (C=O) groups excluding carboxylic acids is 1. The van der Waals surface area contributed by atoms with Crippen LogP contribution in [0.4, 0.5) is 0 Å². The van der Waals surface area contributed by atoms with Gasteiger partial charge < -0.3 is 14.8 Å². The van der Waals surface area contributed by atoms with Crippen LogP contribution in [0.15, 0.2) is 41.3 Å². The summed E-state index contributed by atoms with van der Waals surface area (Å²) < 4.78 is 37.2. The molecule has 7 nitrogen and oxygen atoms in total. The Bertz CT molecular complexity index is 951. The van der Waals surface area contributed by atoms with Crippen LogP contribution in [0.2, 0.25) is 10.0 Å². The summed E-state index contributed by atoms with van der Waals surface area (Å²) in [5.41, 5.74) is 0.934. The lowest BCUT2D eigenvalue weighted by molar-refractivity contribution is -0.119. The number of ether oxygens (including phenoxy) is 2. The van der Waals surface area contributed by atoms with Gasteiger partial charge in [-0.2, -0.15) is 0 Å². The average Bonchev–Trinajstić information content (AvgIpc) is 2.68. The van der Waals surface area contributed by atoms with Gasteiger partial charge in [0.05, 0.1) is 25.8 Å². The SMILES string of the molecule is COc1ccc(CCNC(=O)CNS(=O)(=O)c2cc(Cl)ccc2Cl)cc1OC. The molecule has 0 fully saturated rings. The Morgan fingerprint density at radius 1 is 1.04 bits per heavy atom. The highest BCUT2D eigenvalue weighted by Crippen LogP contribution is 2.27. The third-order valence-corrected chi connectivity index (χ3v) is 5.91. The van der Waals surface area contributed by atoms with Gasteiger partial charge in [-0.15, -0.1) is 0 Å². The number of methoxy groups -OCH3 is 2. The first-order chi connectivity index (χ1) is 13.3. The van der Waals surface area contributed by atoms with Gasteiger partial charge in [0.1, 0.15) is 4.90 Å². The summed E-state index contributed by atoms with van der Waals surface area (Å²) in [7, 11) is -0.866. The van der Waals surface area contributed by atoms with Crippen LogP contribution in [0.1, 0.15) is 5.56 Å². The van der Waals surface area contributed by atoms with Gasteiger partial charge in [-0.3, -0.25) is 4.79 Å². The van der Waals surface area contributed by atoms with E-state index in [1.165, 1.54) is 18.2 Å². The van der Waals surface area contributed by atoms with Crippen LogP contribution in [0.3, 0.4) is 0 Å². The summed E-state index contributed by atoms with van der Waals surface area (Å²) >= 11 is 11.7. The fourth-order valence-electron chi connectivity index (χ4n) is 2.37. The number of nitrogens with one attached hydrogen (secondary N) is 2. The number of halogens is 2. The van der Waals surface area contributed by atoms with Gasteiger partial charge in [-0.25, -0.2) is 13.1 Å². The summed E-state index contributed by atoms with van der Waals surface area (Å²) in [6.45, 7) is -0.0922. The van der Waals surface area contributed by atoms with Gasteiger partial charge in [-0.05, 0) is 42.3 Å². The molecule has 152 valence electrons. The Morgan fingerprint density at radius 3 is 2.43 bits per heavy atom. The zero-order valence-corrected chi connectivity index (χ0v) is 17.6. The maximum absolute atomic E-state index is 12.3. The van der Waals surface area contributed by atoms with Gasteiger partial charge in [0, 0.05) is 11.6 Å². The number of sulfonamides is 1. The molecular weight excluding hydrogens is 427 g/mol. The fourth-order valence-corrected chi connectivity index (χ4v) is 4.11. The van der Waals surface area contributed by atoms with Gasteiger partial charge in [0.15, 0.2) is 11.5 Å². The Balaban J connectivity index is 1.87. The predicted octanol–water partition coefficient (Wildman–Crippen LogP) is 2.65. The predicted molar refractivity (Wildman–Crippen MR) is 108 cm³/mol. The molecular formula is C18H20Cl2N2O5S. The lowest BCUT2D eigenvalue weighted by atomic mass is 10.1. The van der Waals surface area contributed by atoms with Gasteiger partial charge >= 0.3 is 0 Å². The average molecular weight is 447 g/mol. The molecule has 1 amide bonds. The monoisotopic (exact) mass is 446 g/mol. The van der Waals surface area contributed by atoms with Gasteiger partial charge in [-0.1, -0.05) is 29.3 Å². The van der Waals surface area contributed by atoms with Gasteiger partial charge in [0.25, 0.3) is 0 Å². The van der Waals surface area contributed by atoms with E-state index in [0.717, 1.165) is 5.56 Å². The fraction of sp³-hybridized carbons (Fsp3) is 0.278. The van der Waals surface area contributed by atoms with E-state index in [-0.39, 0.29) is 14.9 Å². The van der Waals surface area contributed by atoms with E-state index in [4.69, 9.17) is 32.7 Å². The lowest BCUT2D eigenvalue weighted by Gasteiger charge is -2.11. The van der Waals surface area contributed by atoms with Crippen molar-refractivity contribution in [3.8, 4) is 11.5 Å². The first kappa shape index (κ1) is 22.3. The molecule has 10 heteroatoms. The normalized spacial score (nSPS) is 11.1. The van der Waals surface area contributed by atoms with E-state index in [1.807, 2.05) is 12.1 Å². The molecule has 2 aromatic rings. The number of hydrogen-bond donors (Lipinski definition) is 2. The highest BCUT2D eigenvalue weighted by molar-refractivity contribution is 7.89. The van der Waals surface area contributed by atoms with E-state index in [0.29, 0.717) is 24.5 Å². The molecule has 0 aliphatic carbocycles. The number of benzene rings is 2. The molecule has 0 bridgehead atoms. The Morgan fingerprint density at radius 2 is 1.75 bits per heavy atom. The summed E-state index contributed by atoms with van der Waals surface area (Å²) in [6, 6.07) is 9.53. The van der Waals surface area contributed by atoms with Crippen LogP contribution in [0.25, 0.3) is 0 Å². The molecule has 0 saturated heterocycles. The molecule has 0 spiro atoms. The van der Waals surface area contributed by atoms with Crippen molar-refractivity contribution in [2.24, 2.45) is 0 Å². The molecule has 0 saturated carbocycles. The van der Waals surface area contributed by atoms with E-state index < -0.39 is 22.5 Å². The molecule has 0 aliphatic rings. The maximum Gasteiger partial charge on any atom is 0.242 e. The van der Waals surface area contributed by atoms with E-state index in [1.54, 1.807) is 20.3 Å². The Kier molecular flexibility index (Phi) is 7.94. The molecule has 0 aliphatic heterocycles. The highest BCUT2D eigenvalue weighted by Gasteiger charge is 2.19. The zero-order valence-electron chi connectivity index (χ0n) is 15.3. The Hall–Kier alpha value is -2.00. The maximum atomic E-state index is 12.3. The molecule has 28 heavy (non-hydrogen) atoms. The molecule has 0 aromatic heterocycles.